The lowest BCUT2D eigenvalue weighted by atomic mass is 10.2. The zero-order valence-electron chi connectivity index (χ0n) is 12.7. The molecule has 0 aliphatic heterocycles. The molecule has 0 aliphatic carbocycles. The lowest BCUT2D eigenvalue weighted by Gasteiger charge is -2.01. The van der Waals surface area contributed by atoms with E-state index in [1.165, 1.54) is 0 Å². The third-order valence-electron chi connectivity index (χ3n) is 2.45. The summed E-state index contributed by atoms with van der Waals surface area (Å²) in [5.41, 5.74) is 12.4. The predicted molar refractivity (Wildman–Crippen MR) is 101 cm³/mol. The summed E-state index contributed by atoms with van der Waals surface area (Å²) in [5.74, 6) is 0. The van der Waals surface area contributed by atoms with Crippen LogP contribution >= 0.6 is 24.4 Å². The summed E-state index contributed by atoms with van der Waals surface area (Å²) in [4.78, 5) is 0. The molecule has 5 nitrogen and oxygen atoms in total. The molecule has 0 unspecified atom stereocenters. The number of ether oxygens (including phenoxy) is 2. The highest BCUT2D eigenvalue weighted by atomic mass is 32.1. The molecule has 0 bridgehead atoms. The highest BCUT2D eigenvalue weighted by Crippen LogP contribution is 2.00. The third-order valence-corrected chi connectivity index (χ3v) is 2.68. The molecule has 7 N–H and O–H groups in total. The summed E-state index contributed by atoms with van der Waals surface area (Å²) in [6.07, 6.45) is 0. The molecule has 2 aromatic carbocycles. The minimum absolute atomic E-state index is 0. The average molecular weight is 351 g/mol. The van der Waals surface area contributed by atoms with Crippen LogP contribution in [0.15, 0.2) is 60.7 Å². The van der Waals surface area contributed by atoms with E-state index >= 15 is 0 Å². The summed E-state index contributed by atoms with van der Waals surface area (Å²) in [5, 5.41) is 0.183. The molecule has 0 atom stereocenters. The zero-order valence-corrected chi connectivity index (χ0v) is 14.3. The molecule has 124 valence electrons. The van der Waals surface area contributed by atoms with Crippen LogP contribution in [0, 0.1) is 0 Å². The van der Waals surface area contributed by atoms with Gasteiger partial charge in [0.25, 0.3) is 10.3 Å². The fraction of sp³-hybridized carbons (Fsp3) is 0.125. The predicted octanol–water partition coefficient (Wildman–Crippen LogP) is 3.06. The lowest BCUT2D eigenvalue weighted by molar-refractivity contribution is 0.296. The van der Waals surface area contributed by atoms with E-state index in [1.54, 1.807) is 0 Å². The van der Waals surface area contributed by atoms with Crippen molar-refractivity contribution in [2.24, 2.45) is 11.5 Å². The molecule has 0 saturated carbocycles. The van der Waals surface area contributed by atoms with Gasteiger partial charge in [-0.25, -0.2) is 0 Å². The van der Waals surface area contributed by atoms with Crippen molar-refractivity contribution in [2.45, 2.75) is 13.2 Å². The maximum Gasteiger partial charge on any atom is 0.254 e. The van der Waals surface area contributed by atoms with Gasteiger partial charge < -0.3 is 27.1 Å². The van der Waals surface area contributed by atoms with Crippen LogP contribution < -0.4 is 17.6 Å². The summed E-state index contributed by atoms with van der Waals surface area (Å²) in [7, 11) is 0. The van der Waals surface area contributed by atoms with E-state index in [4.69, 9.17) is 20.9 Å². The summed E-state index contributed by atoms with van der Waals surface area (Å²) in [6, 6.07) is 19.5. The molecule has 0 radical (unpaired) electrons. The van der Waals surface area contributed by atoms with Gasteiger partial charge in [-0.05, 0) is 35.6 Å². The Kier molecular flexibility index (Phi) is 11.1. The van der Waals surface area contributed by atoms with Crippen molar-refractivity contribution in [3.8, 4) is 0 Å². The first-order valence-corrected chi connectivity index (χ1v) is 7.32. The van der Waals surface area contributed by atoms with Gasteiger partial charge in [0.05, 0.1) is 0 Å². The van der Waals surface area contributed by atoms with Crippen molar-refractivity contribution < 1.29 is 9.47 Å². The molecule has 0 saturated heterocycles. The molecule has 0 aliphatic rings. The zero-order chi connectivity index (χ0) is 16.2. The smallest absolute Gasteiger partial charge is 0.254 e. The Hall–Kier alpha value is -2.22. The van der Waals surface area contributed by atoms with Gasteiger partial charge in [0, 0.05) is 0 Å². The first kappa shape index (κ1) is 20.8. The molecule has 0 aromatic heterocycles. The fourth-order valence-electron chi connectivity index (χ4n) is 1.46. The topological polar surface area (TPSA) is 106 Å². The van der Waals surface area contributed by atoms with Crippen LogP contribution in [0.5, 0.6) is 0 Å². The molecular formula is C16H21N3O2S2. The van der Waals surface area contributed by atoms with E-state index in [9.17, 15) is 0 Å². The van der Waals surface area contributed by atoms with Gasteiger partial charge in [-0.15, -0.1) is 0 Å². The number of hydrogen-bond acceptors (Lipinski definition) is 5. The second-order valence-electron chi connectivity index (χ2n) is 4.19. The van der Waals surface area contributed by atoms with E-state index < -0.39 is 0 Å². The van der Waals surface area contributed by atoms with Crippen LogP contribution in [0.2, 0.25) is 0 Å². The minimum atomic E-state index is 0. The Labute approximate surface area is 147 Å². The Morgan fingerprint density at radius 3 is 1.26 bits per heavy atom. The standard InChI is InChI=1S/2C8H9NOS.H3N/c2*9-8(11)10-6-7-4-2-1-3-5-7;/h2*1-5H,6H2,(H2,9,11);1H3. The normalized spacial score (nSPS) is 8.70. The van der Waals surface area contributed by atoms with E-state index in [1.807, 2.05) is 60.7 Å². The van der Waals surface area contributed by atoms with Gasteiger partial charge in [-0.3, -0.25) is 0 Å². The minimum Gasteiger partial charge on any atom is -0.466 e. The van der Waals surface area contributed by atoms with Crippen molar-refractivity contribution in [2.75, 3.05) is 0 Å². The van der Waals surface area contributed by atoms with Gasteiger partial charge in [-0.1, -0.05) is 60.7 Å². The Morgan fingerprint density at radius 2 is 1.00 bits per heavy atom. The number of benzene rings is 2. The first-order valence-electron chi connectivity index (χ1n) is 6.50. The van der Waals surface area contributed by atoms with Gasteiger partial charge in [-0.2, -0.15) is 0 Å². The van der Waals surface area contributed by atoms with E-state index in [-0.39, 0.29) is 16.5 Å². The van der Waals surface area contributed by atoms with E-state index in [0.29, 0.717) is 13.2 Å². The molecule has 0 heterocycles. The number of thiocarbonyl (C=S) groups is 2. The van der Waals surface area contributed by atoms with E-state index in [0.717, 1.165) is 11.1 Å². The van der Waals surface area contributed by atoms with Gasteiger partial charge in [0.2, 0.25) is 0 Å². The number of nitrogens with two attached hydrogens (primary N) is 2. The first-order chi connectivity index (χ1) is 10.6. The van der Waals surface area contributed by atoms with Crippen LogP contribution in [0.4, 0.5) is 0 Å². The largest absolute Gasteiger partial charge is 0.466 e. The van der Waals surface area contributed by atoms with Crippen LogP contribution in [-0.2, 0) is 22.7 Å². The molecule has 0 spiro atoms. The molecular weight excluding hydrogens is 330 g/mol. The molecule has 0 amide bonds. The lowest BCUT2D eigenvalue weighted by Crippen LogP contribution is -2.12. The molecule has 0 fully saturated rings. The molecule has 2 aromatic rings. The molecule has 2 rings (SSSR count). The van der Waals surface area contributed by atoms with Gasteiger partial charge in [0.1, 0.15) is 13.2 Å². The van der Waals surface area contributed by atoms with Crippen LogP contribution in [0.3, 0.4) is 0 Å². The van der Waals surface area contributed by atoms with Gasteiger partial charge in [0.15, 0.2) is 0 Å². The summed E-state index contributed by atoms with van der Waals surface area (Å²) >= 11 is 9.10. The maximum atomic E-state index is 5.15. The fourth-order valence-corrected chi connectivity index (χ4v) is 1.58. The van der Waals surface area contributed by atoms with Crippen LogP contribution in [-0.4, -0.2) is 10.3 Å². The highest BCUT2D eigenvalue weighted by molar-refractivity contribution is 7.80. The van der Waals surface area contributed by atoms with Crippen molar-refractivity contribution in [3.63, 3.8) is 0 Å². The van der Waals surface area contributed by atoms with Crippen molar-refractivity contribution in [1.82, 2.24) is 6.15 Å². The SMILES string of the molecule is N.NC(=S)OCc1ccccc1.NC(=S)OCc1ccccc1. The monoisotopic (exact) mass is 351 g/mol. The number of rotatable bonds is 4. The second-order valence-corrected chi connectivity index (χ2v) is 4.99. The van der Waals surface area contributed by atoms with Crippen molar-refractivity contribution in [1.29, 1.82) is 0 Å². The van der Waals surface area contributed by atoms with Crippen LogP contribution in [0.25, 0.3) is 0 Å². The Balaban J connectivity index is 0.000000403. The highest BCUT2D eigenvalue weighted by Gasteiger charge is 1.92. The quantitative estimate of drug-likeness (QED) is 0.727. The van der Waals surface area contributed by atoms with Crippen molar-refractivity contribution >= 4 is 34.8 Å². The molecule has 23 heavy (non-hydrogen) atoms. The molecule has 7 heteroatoms. The van der Waals surface area contributed by atoms with Gasteiger partial charge >= 0.3 is 0 Å². The Bertz CT molecular complexity index is 527. The van der Waals surface area contributed by atoms with Crippen molar-refractivity contribution in [3.05, 3.63) is 71.8 Å². The van der Waals surface area contributed by atoms with Crippen LogP contribution in [0.1, 0.15) is 11.1 Å². The average Bonchev–Trinajstić information content (AvgIpc) is 2.53. The number of hydrogen-bond donors (Lipinski definition) is 3. The summed E-state index contributed by atoms with van der Waals surface area (Å²) in [6.45, 7) is 0.909. The second kappa shape index (κ2) is 12.3. The van der Waals surface area contributed by atoms with E-state index in [2.05, 4.69) is 24.4 Å². The Morgan fingerprint density at radius 1 is 0.696 bits per heavy atom. The summed E-state index contributed by atoms with van der Waals surface area (Å²) < 4.78 is 9.87. The maximum absolute atomic E-state index is 5.15. The third kappa shape index (κ3) is 11.1.